The maximum atomic E-state index is 12.6. The van der Waals surface area contributed by atoms with Crippen LogP contribution in [0, 0.1) is 5.92 Å². The van der Waals surface area contributed by atoms with Crippen molar-refractivity contribution in [3.63, 3.8) is 0 Å². The second kappa shape index (κ2) is 5.00. The number of nitrogens with zero attached hydrogens (tertiary/aromatic N) is 1. The van der Waals surface area contributed by atoms with Gasteiger partial charge in [-0.2, -0.15) is 0 Å². The zero-order valence-electron chi connectivity index (χ0n) is 11.4. The van der Waals surface area contributed by atoms with E-state index in [9.17, 15) is 9.90 Å². The monoisotopic (exact) mass is 267 g/mol. The van der Waals surface area contributed by atoms with E-state index in [0.717, 1.165) is 18.5 Å². The average Bonchev–Trinajstić information content (AvgIpc) is 2.90. The number of hydrogen-bond donors (Lipinski definition) is 1. The van der Waals surface area contributed by atoms with Crippen LogP contribution in [-0.4, -0.2) is 18.1 Å². The van der Waals surface area contributed by atoms with Crippen molar-refractivity contribution in [1.82, 2.24) is 0 Å². The molecule has 2 aromatic carbocycles. The first-order valence-corrected chi connectivity index (χ1v) is 6.78. The summed E-state index contributed by atoms with van der Waals surface area (Å²) < 4.78 is 0. The van der Waals surface area contributed by atoms with E-state index in [1.807, 2.05) is 12.1 Å². The SMILES string of the molecule is CN(C(=O)C1Cc2ccccc2C1)c1ccc(O)cc1. The van der Waals surface area contributed by atoms with Gasteiger partial charge in [0.2, 0.25) is 5.91 Å². The number of phenols is 1. The van der Waals surface area contributed by atoms with Crippen molar-refractivity contribution in [1.29, 1.82) is 0 Å². The molecule has 3 heteroatoms. The highest BCUT2D eigenvalue weighted by atomic mass is 16.3. The van der Waals surface area contributed by atoms with Gasteiger partial charge in [-0.1, -0.05) is 24.3 Å². The Balaban J connectivity index is 1.76. The summed E-state index contributed by atoms with van der Waals surface area (Å²) in [6.07, 6.45) is 1.63. The summed E-state index contributed by atoms with van der Waals surface area (Å²) in [6.45, 7) is 0. The van der Waals surface area contributed by atoms with Crippen molar-refractivity contribution in [3.8, 4) is 5.75 Å². The van der Waals surface area contributed by atoms with Crippen molar-refractivity contribution < 1.29 is 9.90 Å². The Labute approximate surface area is 118 Å². The highest BCUT2D eigenvalue weighted by molar-refractivity contribution is 5.95. The van der Waals surface area contributed by atoms with Crippen LogP contribution in [0.2, 0.25) is 0 Å². The first-order chi connectivity index (χ1) is 9.65. The van der Waals surface area contributed by atoms with Crippen LogP contribution in [-0.2, 0) is 17.6 Å². The molecule has 0 atom stereocenters. The van der Waals surface area contributed by atoms with Gasteiger partial charge in [-0.3, -0.25) is 4.79 Å². The molecule has 3 nitrogen and oxygen atoms in total. The molecule has 3 rings (SSSR count). The standard InChI is InChI=1S/C17H17NO2/c1-18(15-6-8-16(19)9-7-15)17(20)14-10-12-4-2-3-5-13(12)11-14/h2-9,14,19H,10-11H2,1H3. The third kappa shape index (κ3) is 2.27. The van der Waals surface area contributed by atoms with E-state index in [-0.39, 0.29) is 17.6 Å². The van der Waals surface area contributed by atoms with E-state index in [1.165, 1.54) is 11.1 Å². The minimum Gasteiger partial charge on any atom is -0.508 e. The van der Waals surface area contributed by atoms with Crippen molar-refractivity contribution in [2.45, 2.75) is 12.8 Å². The smallest absolute Gasteiger partial charge is 0.230 e. The zero-order valence-corrected chi connectivity index (χ0v) is 11.4. The van der Waals surface area contributed by atoms with Crippen LogP contribution < -0.4 is 4.90 Å². The molecule has 0 unspecified atom stereocenters. The maximum absolute atomic E-state index is 12.6. The quantitative estimate of drug-likeness (QED) is 0.909. The molecule has 1 aliphatic rings. The second-order valence-electron chi connectivity index (χ2n) is 5.29. The molecule has 0 heterocycles. The topological polar surface area (TPSA) is 40.5 Å². The normalized spacial score (nSPS) is 14.1. The number of hydrogen-bond acceptors (Lipinski definition) is 2. The maximum Gasteiger partial charge on any atom is 0.230 e. The highest BCUT2D eigenvalue weighted by Crippen LogP contribution is 2.29. The summed E-state index contributed by atoms with van der Waals surface area (Å²) >= 11 is 0. The molecule has 0 saturated carbocycles. The van der Waals surface area contributed by atoms with E-state index < -0.39 is 0 Å². The highest BCUT2D eigenvalue weighted by Gasteiger charge is 2.29. The molecule has 1 N–H and O–H groups in total. The van der Waals surface area contributed by atoms with E-state index in [1.54, 1.807) is 36.2 Å². The number of amides is 1. The molecule has 1 aliphatic carbocycles. The van der Waals surface area contributed by atoms with Gasteiger partial charge >= 0.3 is 0 Å². The lowest BCUT2D eigenvalue weighted by Crippen LogP contribution is -2.33. The van der Waals surface area contributed by atoms with Crippen molar-refractivity contribution in [3.05, 3.63) is 59.7 Å². The Morgan fingerprint density at radius 1 is 1.05 bits per heavy atom. The van der Waals surface area contributed by atoms with Crippen LogP contribution in [0.3, 0.4) is 0 Å². The Hall–Kier alpha value is -2.29. The second-order valence-corrected chi connectivity index (χ2v) is 5.29. The van der Waals surface area contributed by atoms with Gasteiger partial charge < -0.3 is 10.0 Å². The predicted molar refractivity (Wildman–Crippen MR) is 78.9 cm³/mol. The summed E-state index contributed by atoms with van der Waals surface area (Å²) in [6, 6.07) is 15.0. The molecule has 0 saturated heterocycles. The van der Waals surface area contributed by atoms with Gasteiger partial charge in [0, 0.05) is 18.7 Å². The number of carbonyl (C=O) groups is 1. The molecule has 1 amide bonds. The summed E-state index contributed by atoms with van der Waals surface area (Å²) in [4.78, 5) is 14.2. The van der Waals surface area contributed by atoms with Gasteiger partial charge in [0.05, 0.1) is 0 Å². The van der Waals surface area contributed by atoms with E-state index in [2.05, 4.69) is 12.1 Å². The first kappa shape index (κ1) is 12.7. The Morgan fingerprint density at radius 3 is 2.15 bits per heavy atom. The molecule has 102 valence electrons. The van der Waals surface area contributed by atoms with Crippen LogP contribution in [0.4, 0.5) is 5.69 Å². The molecule has 0 aromatic heterocycles. The number of phenolic OH excluding ortho intramolecular Hbond substituents is 1. The van der Waals surface area contributed by atoms with Gasteiger partial charge in [0.1, 0.15) is 5.75 Å². The first-order valence-electron chi connectivity index (χ1n) is 6.78. The van der Waals surface area contributed by atoms with Crippen LogP contribution in [0.5, 0.6) is 5.75 Å². The van der Waals surface area contributed by atoms with E-state index in [0.29, 0.717) is 0 Å². The molecule has 0 aliphatic heterocycles. The summed E-state index contributed by atoms with van der Waals surface area (Å²) in [5.41, 5.74) is 3.37. The average molecular weight is 267 g/mol. The predicted octanol–water partition coefficient (Wildman–Crippen LogP) is 2.77. The fourth-order valence-electron chi connectivity index (χ4n) is 2.81. The third-order valence-electron chi connectivity index (χ3n) is 3.97. The molecule has 0 bridgehead atoms. The third-order valence-corrected chi connectivity index (χ3v) is 3.97. The van der Waals surface area contributed by atoms with Gasteiger partial charge in [-0.05, 0) is 48.2 Å². The van der Waals surface area contributed by atoms with Crippen molar-refractivity contribution in [2.75, 3.05) is 11.9 Å². The van der Waals surface area contributed by atoms with E-state index in [4.69, 9.17) is 0 Å². The summed E-state index contributed by atoms with van der Waals surface area (Å²) in [5.74, 6) is 0.362. The molecule has 2 aromatic rings. The van der Waals surface area contributed by atoms with Gasteiger partial charge in [-0.25, -0.2) is 0 Å². The number of anilines is 1. The zero-order chi connectivity index (χ0) is 14.1. The van der Waals surface area contributed by atoms with Gasteiger partial charge in [0.15, 0.2) is 0 Å². The Bertz CT molecular complexity index is 609. The van der Waals surface area contributed by atoms with Crippen LogP contribution >= 0.6 is 0 Å². The fourth-order valence-corrected chi connectivity index (χ4v) is 2.81. The van der Waals surface area contributed by atoms with Gasteiger partial charge in [0.25, 0.3) is 0 Å². The van der Waals surface area contributed by atoms with Crippen LogP contribution in [0.25, 0.3) is 0 Å². The number of benzene rings is 2. The molecule has 0 radical (unpaired) electrons. The largest absolute Gasteiger partial charge is 0.508 e. The Kier molecular flexibility index (Phi) is 3.18. The lowest BCUT2D eigenvalue weighted by molar-refractivity contribution is -0.121. The van der Waals surface area contributed by atoms with Crippen LogP contribution in [0.15, 0.2) is 48.5 Å². The minimum absolute atomic E-state index is 0.0196. The summed E-state index contributed by atoms with van der Waals surface area (Å²) in [7, 11) is 1.79. The number of fused-ring (bicyclic) bond motifs is 1. The van der Waals surface area contributed by atoms with Crippen molar-refractivity contribution in [2.24, 2.45) is 5.92 Å². The number of rotatable bonds is 2. The van der Waals surface area contributed by atoms with E-state index >= 15 is 0 Å². The number of carbonyl (C=O) groups excluding carboxylic acids is 1. The minimum atomic E-state index is 0.0196. The lowest BCUT2D eigenvalue weighted by atomic mass is 10.0. The summed E-state index contributed by atoms with van der Waals surface area (Å²) in [5, 5.41) is 9.30. The number of aromatic hydroxyl groups is 1. The molecular formula is C17H17NO2. The molecule has 0 fully saturated rings. The van der Waals surface area contributed by atoms with Crippen LogP contribution in [0.1, 0.15) is 11.1 Å². The van der Waals surface area contributed by atoms with Gasteiger partial charge in [-0.15, -0.1) is 0 Å². The fraction of sp³-hybridized carbons (Fsp3) is 0.235. The lowest BCUT2D eigenvalue weighted by Gasteiger charge is -2.21. The molecule has 0 spiro atoms. The van der Waals surface area contributed by atoms with Crippen molar-refractivity contribution >= 4 is 11.6 Å². The Morgan fingerprint density at radius 2 is 1.60 bits per heavy atom. The molecular weight excluding hydrogens is 250 g/mol. The molecule has 20 heavy (non-hydrogen) atoms.